The van der Waals surface area contributed by atoms with E-state index in [1.54, 1.807) is 12.1 Å². The number of halogens is 4. The van der Waals surface area contributed by atoms with Crippen LogP contribution in [-0.4, -0.2) is 20.7 Å². The predicted molar refractivity (Wildman–Crippen MR) is 75.0 cm³/mol. The van der Waals surface area contributed by atoms with Crippen molar-refractivity contribution in [3.8, 4) is 5.75 Å². The van der Waals surface area contributed by atoms with Crippen molar-refractivity contribution in [2.24, 2.45) is 0 Å². The number of hydrogen-bond donors (Lipinski definition) is 0. The van der Waals surface area contributed by atoms with E-state index >= 15 is 0 Å². The number of alkyl halides is 3. The van der Waals surface area contributed by atoms with Gasteiger partial charge in [0.15, 0.2) is 0 Å². The minimum Gasteiger partial charge on any atom is -0.406 e. The fraction of sp³-hybridized carbons (Fsp3) is 0.333. The maximum absolute atomic E-state index is 12.0. The second-order valence-electron chi connectivity index (χ2n) is 3.77. The lowest BCUT2D eigenvalue weighted by molar-refractivity contribution is -0.274. The minimum atomic E-state index is -4.66. The van der Waals surface area contributed by atoms with Gasteiger partial charge in [0.25, 0.3) is 0 Å². The first-order valence-electron chi connectivity index (χ1n) is 5.56. The van der Waals surface area contributed by atoms with Gasteiger partial charge in [-0.15, -0.1) is 13.2 Å². The number of hydrogen-bond acceptors (Lipinski definition) is 2. The van der Waals surface area contributed by atoms with Gasteiger partial charge < -0.3 is 9.64 Å². The van der Waals surface area contributed by atoms with Crippen LogP contribution in [0.3, 0.4) is 0 Å². The summed E-state index contributed by atoms with van der Waals surface area (Å²) in [5.41, 5.74) is 0.758. The van der Waals surface area contributed by atoms with Crippen molar-refractivity contribution in [2.45, 2.75) is 19.5 Å². The first kappa shape index (κ1) is 16.0. The van der Waals surface area contributed by atoms with E-state index in [0.717, 1.165) is 16.6 Å². The highest BCUT2D eigenvalue weighted by atomic mass is 79.9. The summed E-state index contributed by atoms with van der Waals surface area (Å²) in [4.78, 5) is 1.82. The highest BCUT2D eigenvalue weighted by Crippen LogP contribution is 2.27. The van der Waals surface area contributed by atoms with E-state index in [2.05, 4.69) is 20.7 Å². The van der Waals surface area contributed by atoms with Gasteiger partial charge in [0.05, 0.1) is 4.61 Å². The van der Waals surface area contributed by atoms with Crippen LogP contribution in [-0.2, 0) is 0 Å². The molecule has 0 saturated carbocycles. The van der Waals surface area contributed by atoms with E-state index in [0.29, 0.717) is 0 Å². The molecule has 1 aromatic carbocycles. The third kappa shape index (κ3) is 5.59. The minimum absolute atomic E-state index is 0.230. The standard InChI is InChI=1S/C12H13BBrF3NO/c1-13-8-7-11(14)18(2)9-3-5-10(6-4-9)19-12(15,16)17/h3-7H,8H2,1-2H3/b11-7-. The zero-order valence-electron chi connectivity index (χ0n) is 10.5. The molecule has 2 nitrogen and oxygen atoms in total. The second kappa shape index (κ2) is 6.89. The van der Waals surface area contributed by atoms with Crippen LogP contribution >= 0.6 is 15.9 Å². The molecule has 0 aromatic heterocycles. The normalized spacial score (nSPS) is 12.2. The number of benzene rings is 1. The van der Waals surface area contributed by atoms with Crippen molar-refractivity contribution in [1.82, 2.24) is 0 Å². The highest BCUT2D eigenvalue weighted by molar-refractivity contribution is 9.11. The van der Waals surface area contributed by atoms with Crippen LogP contribution in [0.5, 0.6) is 5.75 Å². The number of rotatable bonds is 5. The summed E-state index contributed by atoms with van der Waals surface area (Å²) in [6, 6.07) is 5.69. The smallest absolute Gasteiger partial charge is 0.406 e. The predicted octanol–water partition coefficient (Wildman–Crippen LogP) is 4.43. The molecule has 7 heteroatoms. The monoisotopic (exact) mass is 334 g/mol. The van der Waals surface area contributed by atoms with Gasteiger partial charge in [-0.05, 0) is 40.2 Å². The zero-order chi connectivity index (χ0) is 14.5. The maximum Gasteiger partial charge on any atom is 0.573 e. The third-order valence-corrected chi connectivity index (χ3v) is 3.16. The van der Waals surface area contributed by atoms with E-state index in [-0.39, 0.29) is 5.75 Å². The van der Waals surface area contributed by atoms with Crippen molar-refractivity contribution in [3.05, 3.63) is 34.9 Å². The summed E-state index contributed by atoms with van der Waals surface area (Å²) in [5.74, 6) is -0.230. The van der Waals surface area contributed by atoms with Gasteiger partial charge in [0.2, 0.25) is 0 Å². The summed E-state index contributed by atoms with van der Waals surface area (Å²) < 4.78 is 40.7. The number of ether oxygens (including phenoxy) is 1. The molecular weight excluding hydrogens is 322 g/mol. The molecule has 0 N–H and O–H groups in total. The Morgan fingerprint density at radius 2 is 1.95 bits per heavy atom. The van der Waals surface area contributed by atoms with Crippen molar-refractivity contribution >= 4 is 28.9 Å². The Morgan fingerprint density at radius 1 is 1.37 bits per heavy atom. The summed E-state index contributed by atoms with van der Waals surface area (Å²) in [7, 11) is 3.81. The Hall–Kier alpha value is -1.11. The molecule has 0 aliphatic rings. The fourth-order valence-corrected chi connectivity index (χ4v) is 1.74. The van der Waals surface area contributed by atoms with Crippen LogP contribution in [0.2, 0.25) is 13.1 Å². The first-order chi connectivity index (χ1) is 8.83. The molecular formula is C12H13BBrF3NO. The van der Waals surface area contributed by atoms with E-state index in [4.69, 9.17) is 0 Å². The van der Waals surface area contributed by atoms with Crippen LogP contribution < -0.4 is 9.64 Å². The SMILES string of the molecule is C[B]C/C=C(/Br)N(C)c1ccc(OC(F)(F)F)cc1. The summed E-state index contributed by atoms with van der Waals surface area (Å²) >= 11 is 3.40. The lowest BCUT2D eigenvalue weighted by Gasteiger charge is -2.19. The van der Waals surface area contributed by atoms with Gasteiger partial charge in [-0.1, -0.05) is 19.2 Å². The highest BCUT2D eigenvalue weighted by Gasteiger charge is 2.30. The molecule has 0 saturated heterocycles. The Kier molecular flexibility index (Phi) is 5.78. The van der Waals surface area contributed by atoms with Gasteiger partial charge in [0, 0.05) is 12.7 Å². The Labute approximate surface area is 119 Å². The quantitative estimate of drug-likeness (QED) is 0.583. The number of anilines is 1. The molecule has 0 fully saturated rings. The Balaban J connectivity index is 2.76. The van der Waals surface area contributed by atoms with Crippen LogP contribution in [0.4, 0.5) is 18.9 Å². The molecule has 0 heterocycles. The molecule has 0 atom stereocenters. The van der Waals surface area contributed by atoms with Crippen LogP contribution in [0.15, 0.2) is 34.9 Å². The van der Waals surface area contributed by atoms with E-state index in [1.807, 2.05) is 32.1 Å². The molecule has 103 valence electrons. The molecule has 1 radical (unpaired) electrons. The molecule has 1 aromatic rings. The number of allylic oxidation sites excluding steroid dienone is 1. The molecule has 1 rings (SSSR count). The maximum atomic E-state index is 12.0. The number of nitrogens with zero attached hydrogens (tertiary/aromatic N) is 1. The largest absolute Gasteiger partial charge is 0.573 e. The molecule has 0 spiro atoms. The average Bonchev–Trinajstić information content (AvgIpc) is 2.34. The van der Waals surface area contributed by atoms with E-state index < -0.39 is 6.36 Å². The van der Waals surface area contributed by atoms with Gasteiger partial charge in [-0.2, -0.15) is 0 Å². The molecule has 0 bridgehead atoms. The second-order valence-corrected chi connectivity index (χ2v) is 4.58. The van der Waals surface area contributed by atoms with E-state index in [9.17, 15) is 13.2 Å². The third-order valence-electron chi connectivity index (χ3n) is 2.30. The molecule has 0 aliphatic heterocycles. The van der Waals surface area contributed by atoms with Crippen molar-refractivity contribution in [3.63, 3.8) is 0 Å². The van der Waals surface area contributed by atoms with Crippen molar-refractivity contribution < 1.29 is 17.9 Å². The molecule has 19 heavy (non-hydrogen) atoms. The average molecular weight is 335 g/mol. The van der Waals surface area contributed by atoms with E-state index in [1.165, 1.54) is 12.1 Å². The van der Waals surface area contributed by atoms with Crippen LogP contribution in [0.25, 0.3) is 0 Å². The summed E-state index contributed by atoms with van der Waals surface area (Å²) in [6.45, 7) is 1.94. The van der Waals surface area contributed by atoms with Gasteiger partial charge in [0.1, 0.15) is 13.0 Å². The zero-order valence-corrected chi connectivity index (χ0v) is 12.1. The van der Waals surface area contributed by atoms with Crippen LogP contribution in [0.1, 0.15) is 0 Å². The van der Waals surface area contributed by atoms with Gasteiger partial charge in [-0.25, -0.2) is 0 Å². The van der Waals surface area contributed by atoms with Crippen molar-refractivity contribution in [2.75, 3.05) is 11.9 Å². The Bertz CT molecular complexity index is 434. The fourth-order valence-electron chi connectivity index (χ4n) is 1.35. The first-order valence-corrected chi connectivity index (χ1v) is 6.36. The summed E-state index contributed by atoms with van der Waals surface area (Å²) in [5, 5.41) is 0. The van der Waals surface area contributed by atoms with Gasteiger partial charge >= 0.3 is 6.36 Å². The molecule has 0 amide bonds. The Morgan fingerprint density at radius 3 is 2.42 bits per heavy atom. The molecule has 0 aliphatic carbocycles. The lowest BCUT2D eigenvalue weighted by Crippen LogP contribution is -2.17. The topological polar surface area (TPSA) is 12.5 Å². The summed E-state index contributed by atoms with van der Waals surface area (Å²) in [6.07, 6.45) is -1.90. The van der Waals surface area contributed by atoms with Crippen LogP contribution in [0, 0.1) is 0 Å². The lowest BCUT2D eigenvalue weighted by atomic mass is 9.78. The van der Waals surface area contributed by atoms with Crippen molar-refractivity contribution in [1.29, 1.82) is 0 Å². The molecule has 0 unspecified atom stereocenters. The van der Waals surface area contributed by atoms with Gasteiger partial charge in [-0.3, -0.25) is 0 Å².